The van der Waals surface area contributed by atoms with Gasteiger partial charge in [-0.3, -0.25) is 4.79 Å². The molecule has 0 amide bonds. The number of rotatable bonds is 7. The van der Waals surface area contributed by atoms with Gasteiger partial charge in [0.25, 0.3) is 11.3 Å². The van der Waals surface area contributed by atoms with Crippen molar-refractivity contribution in [2.75, 3.05) is 21.3 Å². The van der Waals surface area contributed by atoms with Crippen molar-refractivity contribution in [1.29, 1.82) is 0 Å². The van der Waals surface area contributed by atoms with Gasteiger partial charge in [0.2, 0.25) is 0 Å². The van der Waals surface area contributed by atoms with Crippen LogP contribution in [0.4, 0.5) is 0 Å². The zero-order valence-corrected chi connectivity index (χ0v) is 19.1. The molecule has 3 aromatic heterocycles. The van der Waals surface area contributed by atoms with Crippen LogP contribution < -0.4 is 19.8 Å². The van der Waals surface area contributed by atoms with Crippen LogP contribution in [0.1, 0.15) is 5.56 Å². The number of aromatic nitrogens is 5. The van der Waals surface area contributed by atoms with Crippen LogP contribution >= 0.6 is 0 Å². The minimum absolute atomic E-state index is 0.163. The molecule has 0 aliphatic carbocycles. The third kappa shape index (κ3) is 3.61. The number of hydrogen-bond donors (Lipinski definition) is 0. The SMILES string of the molecule is COc1ccc(CCn2ccc3nc4ncnn4c(-c4ccccc4OC)c3c2=O)cc1OC. The smallest absolute Gasteiger partial charge is 0.262 e. The van der Waals surface area contributed by atoms with Gasteiger partial charge in [0.15, 0.2) is 11.5 Å². The largest absolute Gasteiger partial charge is 0.496 e. The Morgan fingerprint density at radius 2 is 1.71 bits per heavy atom. The highest BCUT2D eigenvalue weighted by Gasteiger charge is 2.19. The molecule has 0 fully saturated rings. The van der Waals surface area contributed by atoms with E-state index in [1.807, 2.05) is 48.5 Å². The second kappa shape index (κ2) is 8.86. The molecule has 9 heteroatoms. The molecule has 9 nitrogen and oxygen atoms in total. The molecule has 0 aliphatic rings. The van der Waals surface area contributed by atoms with Crippen molar-refractivity contribution in [3.05, 3.63) is 77.0 Å². The predicted octanol–water partition coefficient (Wildman–Crippen LogP) is 3.37. The minimum atomic E-state index is -0.163. The standard InChI is InChI=1S/C25H23N5O4/c1-32-19-7-5-4-6-17(19)23-22-18(28-25-26-15-27-30(23)25)11-13-29(24(22)31)12-10-16-8-9-20(33-2)21(14-16)34-3/h4-9,11,13-15H,10,12H2,1-3H3. The van der Waals surface area contributed by atoms with E-state index in [4.69, 9.17) is 14.2 Å². The Morgan fingerprint density at radius 1 is 0.912 bits per heavy atom. The maximum atomic E-state index is 13.7. The molecule has 0 aliphatic heterocycles. The van der Waals surface area contributed by atoms with Crippen molar-refractivity contribution >= 4 is 16.7 Å². The number of benzene rings is 2. The molecule has 0 radical (unpaired) electrons. The Morgan fingerprint density at radius 3 is 2.50 bits per heavy atom. The number of pyridine rings is 1. The number of aryl methyl sites for hydroxylation is 2. The molecule has 34 heavy (non-hydrogen) atoms. The lowest BCUT2D eigenvalue weighted by Gasteiger charge is -2.14. The highest BCUT2D eigenvalue weighted by atomic mass is 16.5. The highest BCUT2D eigenvalue weighted by molar-refractivity contribution is 5.94. The Kier molecular flexibility index (Phi) is 5.59. The molecule has 2 aromatic carbocycles. The number of hydrogen-bond acceptors (Lipinski definition) is 7. The van der Waals surface area contributed by atoms with Gasteiger partial charge in [0, 0.05) is 18.3 Å². The predicted molar refractivity (Wildman–Crippen MR) is 128 cm³/mol. The van der Waals surface area contributed by atoms with E-state index in [1.54, 1.807) is 36.6 Å². The highest BCUT2D eigenvalue weighted by Crippen LogP contribution is 2.33. The fourth-order valence-corrected chi connectivity index (χ4v) is 4.11. The van der Waals surface area contributed by atoms with Gasteiger partial charge in [-0.2, -0.15) is 14.6 Å². The summed E-state index contributed by atoms with van der Waals surface area (Å²) in [4.78, 5) is 22.5. The van der Waals surface area contributed by atoms with E-state index >= 15 is 0 Å². The summed E-state index contributed by atoms with van der Waals surface area (Å²) in [6, 6.07) is 15.1. The summed E-state index contributed by atoms with van der Waals surface area (Å²) in [6.07, 6.45) is 3.82. The van der Waals surface area contributed by atoms with Crippen molar-refractivity contribution in [2.45, 2.75) is 13.0 Å². The number of nitrogens with zero attached hydrogens (tertiary/aromatic N) is 5. The van der Waals surface area contributed by atoms with Crippen LogP contribution in [0.2, 0.25) is 0 Å². The summed E-state index contributed by atoms with van der Waals surface area (Å²) in [5, 5.41) is 4.79. The quantitative estimate of drug-likeness (QED) is 0.370. The maximum Gasteiger partial charge on any atom is 0.262 e. The Balaban J connectivity index is 1.63. The second-order valence-electron chi connectivity index (χ2n) is 7.65. The first-order valence-corrected chi connectivity index (χ1v) is 10.7. The molecule has 0 unspecified atom stereocenters. The molecular formula is C25H23N5O4. The van der Waals surface area contributed by atoms with Crippen molar-refractivity contribution < 1.29 is 14.2 Å². The summed E-state index contributed by atoms with van der Waals surface area (Å²) in [5.41, 5.74) is 2.75. The monoisotopic (exact) mass is 457 g/mol. The molecule has 5 rings (SSSR count). The van der Waals surface area contributed by atoms with Gasteiger partial charge in [-0.1, -0.05) is 18.2 Å². The second-order valence-corrected chi connectivity index (χ2v) is 7.65. The normalized spacial score (nSPS) is 11.1. The number of ether oxygens (including phenoxy) is 3. The third-order valence-electron chi connectivity index (χ3n) is 5.79. The molecule has 3 heterocycles. The molecule has 0 atom stereocenters. The summed E-state index contributed by atoms with van der Waals surface area (Å²) >= 11 is 0. The van der Waals surface area contributed by atoms with Gasteiger partial charge < -0.3 is 18.8 Å². The van der Waals surface area contributed by atoms with Gasteiger partial charge in [-0.25, -0.2) is 4.98 Å². The van der Waals surface area contributed by atoms with Crippen molar-refractivity contribution in [3.63, 3.8) is 0 Å². The third-order valence-corrected chi connectivity index (χ3v) is 5.79. The summed E-state index contributed by atoms with van der Waals surface area (Å²) in [7, 11) is 4.81. The molecule has 5 aromatic rings. The Labute approximate surface area is 195 Å². The van der Waals surface area contributed by atoms with E-state index in [2.05, 4.69) is 15.1 Å². The zero-order chi connectivity index (χ0) is 23.7. The zero-order valence-electron chi connectivity index (χ0n) is 19.1. The first-order valence-electron chi connectivity index (χ1n) is 10.7. The molecule has 0 N–H and O–H groups in total. The Bertz CT molecular complexity index is 1560. The van der Waals surface area contributed by atoms with Crippen LogP contribution in [0.25, 0.3) is 27.9 Å². The fourth-order valence-electron chi connectivity index (χ4n) is 4.11. The fraction of sp³-hybridized carbons (Fsp3) is 0.200. The average Bonchev–Trinajstić information content (AvgIpc) is 3.35. The number of fused-ring (bicyclic) bond motifs is 2. The van der Waals surface area contributed by atoms with Gasteiger partial charge >= 0.3 is 0 Å². The van der Waals surface area contributed by atoms with Gasteiger partial charge in [-0.05, 0) is 42.3 Å². The maximum absolute atomic E-state index is 13.7. The van der Waals surface area contributed by atoms with E-state index in [0.717, 1.165) is 11.1 Å². The molecule has 172 valence electrons. The molecular weight excluding hydrogens is 434 g/mol. The lowest BCUT2D eigenvalue weighted by atomic mass is 10.1. The van der Waals surface area contributed by atoms with E-state index in [9.17, 15) is 4.79 Å². The first kappa shape index (κ1) is 21.4. The molecule has 0 spiro atoms. The lowest BCUT2D eigenvalue weighted by Crippen LogP contribution is -2.22. The molecule has 0 saturated heterocycles. The topological polar surface area (TPSA) is 92.8 Å². The van der Waals surface area contributed by atoms with Crippen LogP contribution in [-0.2, 0) is 13.0 Å². The first-order chi connectivity index (χ1) is 16.6. The van der Waals surface area contributed by atoms with Crippen molar-refractivity contribution in [2.24, 2.45) is 0 Å². The van der Waals surface area contributed by atoms with Crippen LogP contribution in [0.15, 0.2) is 65.8 Å². The van der Waals surface area contributed by atoms with Crippen LogP contribution in [-0.4, -0.2) is 45.5 Å². The summed E-state index contributed by atoms with van der Waals surface area (Å²) < 4.78 is 19.6. The number of para-hydroxylation sites is 1. The lowest BCUT2D eigenvalue weighted by molar-refractivity contribution is 0.354. The van der Waals surface area contributed by atoms with Crippen molar-refractivity contribution in [3.8, 4) is 28.5 Å². The minimum Gasteiger partial charge on any atom is -0.496 e. The van der Waals surface area contributed by atoms with E-state index in [-0.39, 0.29) is 5.56 Å². The average molecular weight is 457 g/mol. The van der Waals surface area contributed by atoms with E-state index < -0.39 is 0 Å². The van der Waals surface area contributed by atoms with Crippen molar-refractivity contribution in [1.82, 2.24) is 24.1 Å². The summed E-state index contributed by atoms with van der Waals surface area (Å²) in [6.45, 7) is 0.477. The van der Waals surface area contributed by atoms with Crippen LogP contribution in [0.3, 0.4) is 0 Å². The molecule has 0 saturated carbocycles. The Hall–Kier alpha value is -4.40. The number of methoxy groups -OCH3 is 3. The van der Waals surface area contributed by atoms with Gasteiger partial charge in [0.1, 0.15) is 12.1 Å². The van der Waals surface area contributed by atoms with E-state index in [1.165, 1.54) is 6.33 Å². The van der Waals surface area contributed by atoms with Crippen LogP contribution in [0, 0.1) is 0 Å². The molecule has 0 bridgehead atoms. The van der Waals surface area contributed by atoms with Crippen LogP contribution in [0.5, 0.6) is 17.2 Å². The van der Waals surface area contributed by atoms with E-state index in [0.29, 0.717) is 52.6 Å². The van der Waals surface area contributed by atoms with Gasteiger partial charge in [0.05, 0.1) is 37.9 Å². The van der Waals surface area contributed by atoms with Gasteiger partial charge in [-0.15, -0.1) is 0 Å². The summed E-state index contributed by atoms with van der Waals surface area (Å²) in [5.74, 6) is 2.36.